The molecule has 0 spiro atoms. The van der Waals surface area contributed by atoms with Gasteiger partial charge in [0.15, 0.2) is 0 Å². The molecule has 2 amide bonds. The molecular weight excluding hydrogens is 535 g/mol. The van der Waals surface area contributed by atoms with Gasteiger partial charge in [0, 0.05) is 0 Å². The topological polar surface area (TPSA) is 56.8 Å². The van der Waals surface area contributed by atoms with Gasteiger partial charge in [-0.2, -0.15) is 0 Å². The molecule has 6 nitrogen and oxygen atoms in total. The van der Waals surface area contributed by atoms with Gasteiger partial charge in [-0.05, 0) is 6.07 Å². The van der Waals surface area contributed by atoms with Gasteiger partial charge >= 0.3 is 203 Å². The van der Waals surface area contributed by atoms with E-state index in [1.807, 2.05) is 12.3 Å². The second-order valence-electron chi connectivity index (χ2n) is 10.6. The summed E-state index contributed by atoms with van der Waals surface area (Å²) >= 11 is 4.41. The Bertz CT molecular complexity index is 1520. The van der Waals surface area contributed by atoms with Crippen LogP contribution in [0.1, 0.15) is 54.8 Å². The number of para-hydroxylation sites is 1. The number of carbonyl (C=O) groups is 2. The van der Waals surface area contributed by atoms with Crippen LogP contribution in [0.4, 0.5) is 16.5 Å². The molecule has 5 heterocycles. The first-order valence-electron chi connectivity index (χ1n) is 11.8. The number of benzene rings is 1. The van der Waals surface area contributed by atoms with Crippen molar-refractivity contribution in [3.63, 3.8) is 0 Å². The average Bonchev–Trinajstić information content (AvgIpc) is 3.29. The standard InChI is InChI=1S/C28H26N4O2SSe/c1-27(2)17-9-7-10-18-21(17)32(22-19(27)11-8-12-29-22)25-20(28(18,3)4)14-15(35-25)13-16-23(33)30(5)26(36)31(6)24(16)34/h7-14H,1-6H3. The van der Waals surface area contributed by atoms with Crippen LogP contribution in [0, 0.1) is 0 Å². The molecule has 1 aromatic carbocycles. The molecule has 1 saturated heterocycles. The fraction of sp³-hybridized carbons (Fsp3) is 0.286. The zero-order chi connectivity index (χ0) is 25.7. The monoisotopic (exact) mass is 562 g/mol. The summed E-state index contributed by atoms with van der Waals surface area (Å²) in [4.78, 5) is 37.0. The van der Waals surface area contributed by atoms with Crippen molar-refractivity contribution in [2.45, 2.75) is 38.5 Å². The Kier molecular flexibility index (Phi) is 4.85. The van der Waals surface area contributed by atoms with Crippen molar-refractivity contribution < 1.29 is 9.59 Å². The van der Waals surface area contributed by atoms with Gasteiger partial charge in [-0.15, -0.1) is 0 Å². The number of hydrogen-bond donors (Lipinski definition) is 0. The molecule has 1 fully saturated rings. The number of nitrogens with zero attached hydrogens (tertiary/aromatic N) is 4. The van der Waals surface area contributed by atoms with Crippen LogP contribution >= 0.6 is 11.3 Å². The van der Waals surface area contributed by atoms with E-state index >= 15 is 0 Å². The van der Waals surface area contributed by atoms with Gasteiger partial charge in [0.05, 0.1) is 0 Å². The predicted octanol–water partition coefficient (Wildman–Crippen LogP) is 4.46. The van der Waals surface area contributed by atoms with Crippen molar-refractivity contribution in [3.8, 4) is 0 Å². The van der Waals surface area contributed by atoms with Crippen LogP contribution in [0.3, 0.4) is 0 Å². The third-order valence-electron chi connectivity index (χ3n) is 7.82. The van der Waals surface area contributed by atoms with E-state index in [9.17, 15) is 9.59 Å². The van der Waals surface area contributed by atoms with Gasteiger partial charge in [-0.1, -0.05) is 13.8 Å². The van der Waals surface area contributed by atoms with Crippen LogP contribution in [0.15, 0.2) is 48.2 Å². The summed E-state index contributed by atoms with van der Waals surface area (Å²) in [6.45, 7) is 9.01. The Morgan fingerprint density at radius 1 is 0.889 bits per heavy atom. The molecule has 0 aliphatic carbocycles. The van der Waals surface area contributed by atoms with Gasteiger partial charge in [-0.25, -0.2) is 0 Å². The predicted molar refractivity (Wildman–Crippen MR) is 145 cm³/mol. The van der Waals surface area contributed by atoms with E-state index in [1.54, 1.807) is 31.5 Å². The van der Waals surface area contributed by atoms with Gasteiger partial charge in [0.1, 0.15) is 0 Å². The van der Waals surface area contributed by atoms with E-state index in [4.69, 9.17) is 4.98 Å². The molecule has 0 radical (unpaired) electrons. The third-order valence-corrected chi connectivity index (χ3v) is 10.0. The number of aromatic nitrogens is 1. The summed E-state index contributed by atoms with van der Waals surface area (Å²) in [6.07, 6.45) is 3.58. The molecule has 182 valence electrons. The molecule has 0 atom stereocenters. The van der Waals surface area contributed by atoms with Crippen molar-refractivity contribution >= 4 is 66.0 Å². The molecule has 0 bridgehead atoms. The first kappa shape index (κ1) is 23.3. The van der Waals surface area contributed by atoms with E-state index in [0.717, 1.165) is 21.3 Å². The van der Waals surface area contributed by atoms with Gasteiger partial charge in [-0.3, -0.25) is 0 Å². The van der Waals surface area contributed by atoms with Gasteiger partial charge < -0.3 is 0 Å². The Balaban J connectivity index is 1.59. The molecule has 2 aromatic heterocycles. The van der Waals surface area contributed by atoms with Crippen LogP contribution in [0.25, 0.3) is 6.08 Å². The molecule has 6 rings (SSSR count). The summed E-state index contributed by atoms with van der Waals surface area (Å²) in [5, 5.41) is 1.08. The fourth-order valence-electron chi connectivity index (χ4n) is 5.65. The molecule has 3 aliphatic heterocycles. The maximum atomic E-state index is 13.0. The van der Waals surface area contributed by atoms with E-state index in [-0.39, 0.29) is 28.2 Å². The minimum atomic E-state index is -0.310. The molecule has 0 N–H and O–H groups in total. The van der Waals surface area contributed by atoms with E-state index < -0.39 is 0 Å². The zero-order valence-electron chi connectivity index (χ0n) is 21.0. The number of pyridine rings is 1. The maximum absolute atomic E-state index is 13.0. The summed E-state index contributed by atoms with van der Waals surface area (Å²) in [6, 6.07) is 12.9. The van der Waals surface area contributed by atoms with Crippen molar-refractivity contribution in [2.75, 3.05) is 19.0 Å². The minimum absolute atomic E-state index is 0.159. The summed E-state index contributed by atoms with van der Waals surface area (Å²) in [5.74, 6) is 0.315. The van der Waals surface area contributed by atoms with Crippen LogP contribution in [0.5, 0.6) is 0 Å². The summed E-state index contributed by atoms with van der Waals surface area (Å²) in [7, 11) is 3.34. The molecule has 3 aromatic rings. The van der Waals surface area contributed by atoms with Crippen molar-refractivity contribution in [1.82, 2.24) is 14.8 Å². The summed E-state index contributed by atoms with van der Waals surface area (Å²) in [5.41, 5.74) is 5.76. The molecular formula is C28H26N4O2SSe. The normalized spacial score (nSPS) is 19.2. The number of amides is 2. The number of anilines is 3. The van der Waals surface area contributed by atoms with Crippen LogP contribution in [0.2, 0.25) is 0 Å². The van der Waals surface area contributed by atoms with E-state index in [0.29, 0.717) is 4.67 Å². The first-order valence-corrected chi connectivity index (χ1v) is 13.5. The quantitative estimate of drug-likeness (QED) is 0.250. The number of carbonyl (C=O) groups excluding carboxylic acids is 2. The first-order chi connectivity index (χ1) is 17.0. The zero-order valence-corrected chi connectivity index (χ0v) is 23.6. The number of hydrogen-bond acceptors (Lipinski definition) is 5. The van der Waals surface area contributed by atoms with E-state index in [2.05, 4.69) is 78.5 Å². The second-order valence-corrected chi connectivity index (χ2v) is 12.4. The summed E-state index contributed by atoms with van der Waals surface area (Å²) < 4.78 is 0.496. The Morgan fingerprint density at radius 2 is 1.47 bits per heavy atom. The average molecular weight is 562 g/mol. The van der Waals surface area contributed by atoms with Gasteiger partial charge in [0.25, 0.3) is 0 Å². The van der Waals surface area contributed by atoms with E-state index in [1.165, 1.54) is 32.2 Å². The Labute approximate surface area is 222 Å². The number of rotatable bonds is 1. The molecule has 0 unspecified atom stereocenters. The fourth-order valence-corrected chi connectivity index (χ4v) is 7.27. The Morgan fingerprint density at radius 3 is 2.11 bits per heavy atom. The van der Waals surface area contributed by atoms with Crippen LogP contribution in [-0.2, 0) is 20.4 Å². The molecule has 3 aliphatic rings. The van der Waals surface area contributed by atoms with Crippen molar-refractivity contribution in [3.05, 3.63) is 75.3 Å². The van der Waals surface area contributed by atoms with Crippen molar-refractivity contribution in [2.24, 2.45) is 0 Å². The third kappa shape index (κ3) is 2.89. The molecule has 0 saturated carbocycles. The molecule has 8 heteroatoms. The van der Waals surface area contributed by atoms with Crippen LogP contribution < -0.4 is 4.90 Å². The molecule has 36 heavy (non-hydrogen) atoms. The Hall–Kier alpha value is -3.06. The second kappa shape index (κ2) is 7.48. The van der Waals surface area contributed by atoms with Crippen molar-refractivity contribution in [1.29, 1.82) is 0 Å². The number of thiophene rings is 1. The van der Waals surface area contributed by atoms with Crippen LogP contribution in [-0.4, -0.2) is 60.9 Å². The van der Waals surface area contributed by atoms with Gasteiger partial charge in [0.2, 0.25) is 0 Å². The number of likely N-dealkylation sites (N-methyl/N-ethyl adjacent to an activating group) is 2. The SMILES string of the molecule is CN1C(=O)C(=Cc2cc3c(s2)N2c4ncccc4C(C)(C)c4cccc(c42)C3(C)C)C(=O)N(C)C1=[Se]. The number of fused-ring (bicyclic) bond motifs is 4.